The molecule has 180 valence electrons. The number of carbonyl (C=O) groups excluding carboxylic acids is 1. The van der Waals surface area contributed by atoms with Crippen LogP contribution in [-0.4, -0.2) is 57.4 Å². The second-order valence-corrected chi connectivity index (χ2v) is 10.3. The number of Topliss-reactive ketones (excluding diaryl/α,β-unsaturated/α-hetero) is 1. The summed E-state index contributed by atoms with van der Waals surface area (Å²) < 4.78 is 41.5. The molecule has 1 aliphatic rings. The molecule has 0 amide bonds. The third kappa shape index (κ3) is 8.75. The summed E-state index contributed by atoms with van der Waals surface area (Å²) in [4.78, 5) is 12.3. The fraction of sp³-hybridized carbons (Fsp3) is 0.625. The summed E-state index contributed by atoms with van der Waals surface area (Å²) in [5.74, 6) is 0.240. The second kappa shape index (κ2) is 12.6. The van der Waals surface area contributed by atoms with E-state index in [1.165, 1.54) is 12.1 Å². The summed E-state index contributed by atoms with van der Waals surface area (Å²) in [6.45, 7) is 7.38. The van der Waals surface area contributed by atoms with Gasteiger partial charge in [-0.15, -0.1) is 6.58 Å². The van der Waals surface area contributed by atoms with Gasteiger partial charge in [0.15, 0.2) is 0 Å². The highest BCUT2D eigenvalue weighted by atomic mass is 32.2. The second-order valence-electron chi connectivity index (χ2n) is 8.73. The summed E-state index contributed by atoms with van der Waals surface area (Å²) >= 11 is 0. The van der Waals surface area contributed by atoms with E-state index >= 15 is 0 Å². The third-order valence-electron chi connectivity index (χ3n) is 5.65. The topological polar surface area (TPSA) is 99.1 Å². The molecule has 0 bridgehead atoms. The van der Waals surface area contributed by atoms with Gasteiger partial charge in [-0.25, -0.2) is 0 Å². The molecule has 0 unspecified atom stereocenters. The molecule has 7 nitrogen and oxygen atoms in total. The van der Waals surface area contributed by atoms with E-state index in [-0.39, 0.29) is 41.8 Å². The molecule has 0 saturated carbocycles. The number of carbonyl (C=O) groups is 1. The van der Waals surface area contributed by atoms with Gasteiger partial charge in [0.1, 0.15) is 5.78 Å². The monoisotopic (exact) mass is 468 g/mol. The molecule has 5 atom stereocenters. The van der Waals surface area contributed by atoms with Gasteiger partial charge in [-0.05, 0) is 50.7 Å². The Morgan fingerprint density at radius 1 is 1.22 bits per heavy atom. The molecule has 0 aromatic heterocycles. The molecular formula is C24H36O7S. The molecule has 1 heterocycles. The number of ether oxygens (including phenoxy) is 2. The molecule has 1 N–H and O–H groups in total. The lowest BCUT2D eigenvalue weighted by molar-refractivity contribution is -0.139. The third-order valence-corrected chi connectivity index (χ3v) is 6.95. The maximum atomic E-state index is 12.4. The van der Waals surface area contributed by atoms with Crippen LogP contribution in [0.15, 0.2) is 41.8 Å². The van der Waals surface area contributed by atoms with E-state index in [0.29, 0.717) is 25.7 Å². The Morgan fingerprint density at radius 3 is 2.50 bits per heavy atom. The number of aliphatic hydroxyl groups excluding tert-OH is 1. The first-order valence-corrected chi connectivity index (χ1v) is 12.5. The van der Waals surface area contributed by atoms with Crippen LogP contribution in [0.3, 0.4) is 0 Å². The maximum absolute atomic E-state index is 12.4. The van der Waals surface area contributed by atoms with Crippen LogP contribution in [0.1, 0.15) is 51.0 Å². The van der Waals surface area contributed by atoms with Gasteiger partial charge < -0.3 is 14.6 Å². The minimum atomic E-state index is -3.91. The van der Waals surface area contributed by atoms with Crippen molar-refractivity contribution in [1.82, 2.24) is 0 Å². The summed E-state index contributed by atoms with van der Waals surface area (Å²) in [6, 6.07) is 6.41. The number of methoxy groups -OCH3 is 1. The van der Waals surface area contributed by atoms with Crippen LogP contribution in [0.2, 0.25) is 0 Å². The van der Waals surface area contributed by atoms with Crippen molar-refractivity contribution in [3.8, 4) is 0 Å². The van der Waals surface area contributed by atoms with Crippen molar-refractivity contribution in [2.45, 2.75) is 81.7 Å². The number of aliphatic hydroxyl groups is 1. The van der Waals surface area contributed by atoms with Crippen LogP contribution in [0.25, 0.3) is 0 Å². The highest BCUT2D eigenvalue weighted by Gasteiger charge is 2.31. The SMILES string of the molecule is C=CC[C@H](O)C[C@H](C[C@H](C)C[C@@H]1CC(=O)C[C@H](COS(=O)(=O)c2ccc(C)cc2)O1)OC. The molecule has 2 rings (SSSR count). The molecule has 1 aromatic carbocycles. The van der Waals surface area contributed by atoms with Gasteiger partial charge in [-0.3, -0.25) is 8.98 Å². The Bertz CT molecular complexity index is 834. The van der Waals surface area contributed by atoms with Gasteiger partial charge in [-0.2, -0.15) is 8.42 Å². The maximum Gasteiger partial charge on any atom is 0.297 e. The van der Waals surface area contributed by atoms with Crippen molar-refractivity contribution in [3.63, 3.8) is 0 Å². The first-order chi connectivity index (χ1) is 15.1. The molecule has 1 aromatic rings. The Hall–Kier alpha value is -1.58. The molecule has 0 aliphatic carbocycles. The van der Waals surface area contributed by atoms with Crippen molar-refractivity contribution in [2.24, 2.45) is 5.92 Å². The lowest BCUT2D eigenvalue weighted by Crippen LogP contribution is -2.37. The Morgan fingerprint density at radius 2 is 1.88 bits per heavy atom. The number of hydrogen-bond acceptors (Lipinski definition) is 7. The van der Waals surface area contributed by atoms with Gasteiger partial charge in [0.25, 0.3) is 10.1 Å². The molecular weight excluding hydrogens is 432 g/mol. The average molecular weight is 469 g/mol. The Labute approximate surface area is 191 Å². The first-order valence-electron chi connectivity index (χ1n) is 11.1. The van der Waals surface area contributed by atoms with Crippen molar-refractivity contribution in [1.29, 1.82) is 0 Å². The van der Waals surface area contributed by atoms with E-state index in [0.717, 1.165) is 12.0 Å². The molecule has 1 aliphatic heterocycles. The van der Waals surface area contributed by atoms with E-state index in [4.69, 9.17) is 13.7 Å². The standard InChI is InChI=1S/C24H36O7S/c1-5-6-19(25)13-21(29-4)11-18(3)12-22-14-20(26)15-23(31-22)16-30-32(27,28)24-9-7-17(2)8-10-24/h5,7-10,18-19,21-23,25H,1,6,11-16H2,2-4H3/t18-,19-,21-,22+,23+/m0/s1. The summed E-state index contributed by atoms with van der Waals surface area (Å²) in [6.07, 6.45) is 3.05. The fourth-order valence-corrected chi connectivity index (χ4v) is 4.95. The minimum Gasteiger partial charge on any atom is -0.393 e. The Balaban J connectivity index is 1.87. The molecule has 1 fully saturated rings. The summed E-state index contributed by atoms with van der Waals surface area (Å²) in [5, 5.41) is 9.99. The minimum absolute atomic E-state index is 0.0412. The summed E-state index contributed by atoms with van der Waals surface area (Å²) in [5.41, 5.74) is 0.952. The normalized spacial score (nSPS) is 22.3. The predicted octanol–water partition coefficient (Wildman–Crippen LogP) is 3.58. The highest BCUT2D eigenvalue weighted by Crippen LogP contribution is 2.26. The van der Waals surface area contributed by atoms with Gasteiger partial charge in [0.05, 0.1) is 35.9 Å². The zero-order valence-electron chi connectivity index (χ0n) is 19.2. The lowest BCUT2D eigenvalue weighted by Gasteiger charge is -2.31. The van der Waals surface area contributed by atoms with E-state index in [2.05, 4.69) is 13.5 Å². The molecule has 0 radical (unpaired) electrons. The molecule has 1 saturated heterocycles. The van der Waals surface area contributed by atoms with Gasteiger partial charge in [-0.1, -0.05) is 30.7 Å². The number of hydrogen-bond donors (Lipinski definition) is 1. The van der Waals surface area contributed by atoms with Crippen LogP contribution in [0.4, 0.5) is 0 Å². The van der Waals surface area contributed by atoms with Crippen LogP contribution in [0.5, 0.6) is 0 Å². The first kappa shape index (κ1) is 26.7. The van der Waals surface area contributed by atoms with E-state index in [1.54, 1.807) is 25.3 Å². The predicted molar refractivity (Wildman–Crippen MR) is 122 cm³/mol. The largest absolute Gasteiger partial charge is 0.393 e. The summed E-state index contributed by atoms with van der Waals surface area (Å²) in [7, 11) is -2.28. The fourth-order valence-electron chi connectivity index (χ4n) is 4.01. The number of aryl methyl sites for hydroxylation is 1. The van der Waals surface area contributed by atoms with Gasteiger partial charge in [0, 0.05) is 20.0 Å². The van der Waals surface area contributed by atoms with Crippen LogP contribution in [0, 0.1) is 12.8 Å². The average Bonchev–Trinajstić information content (AvgIpc) is 2.72. The molecule has 0 spiro atoms. The smallest absolute Gasteiger partial charge is 0.297 e. The van der Waals surface area contributed by atoms with Gasteiger partial charge in [0.2, 0.25) is 0 Å². The lowest BCUT2D eigenvalue weighted by atomic mass is 9.90. The van der Waals surface area contributed by atoms with Crippen molar-refractivity contribution < 1.29 is 32.0 Å². The molecule has 8 heteroatoms. The number of benzene rings is 1. The van der Waals surface area contributed by atoms with Crippen LogP contribution < -0.4 is 0 Å². The molecule has 32 heavy (non-hydrogen) atoms. The number of ketones is 1. The highest BCUT2D eigenvalue weighted by molar-refractivity contribution is 7.86. The van der Waals surface area contributed by atoms with E-state index < -0.39 is 22.3 Å². The quantitative estimate of drug-likeness (QED) is 0.349. The zero-order valence-corrected chi connectivity index (χ0v) is 20.1. The van der Waals surface area contributed by atoms with Crippen LogP contribution >= 0.6 is 0 Å². The number of rotatable bonds is 13. The van der Waals surface area contributed by atoms with Crippen LogP contribution in [-0.2, 0) is 28.6 Å². The van der Waals surface area contributed by atoms with Gasteiger partial charge >= 0.3 is 0 Å². The Kier molecular flexibility index (Phi) is 10.5. The zero-order chi connectivity index (χ0) is 23.7. The van der Waals surface area contributed by atoms with Crippen molar-refractivity contribution in [2.75, 3.05) is 13.7 Å². The van der Waals surface area contributed by atoms with E-state index in [9.17, 15) is 18.3 Å². The van der Waals surface area contributed by atoms with E-state index in [1.807, 2.05) is 6.92 Å². The van der Waals surface area contributed by atoms with Crippen molar-refractivity contribution in [3.05, 3.63) is 42.5 Å². The van der Waals surface area contributed by atoms with Crippen molar-refractivity contribution >= 4 is 15.9 Å².